The molecule has 4 aliphatic rings. The van der Waals surface area contributed by atoms with E-state index in [9.17, 15) is 28.2 Å². The first-order chi connectivity index (χ1) is 19.0. The molecule has 1 saturated carbocycles. The molecule has 212 valence electrons. The summed E-state index contributed by atoms with van der Waals surface area (Å²) in [7, 11) is 1.65. The molecule has 2 aromatic rings. The Morgan fingerprint density at radius 1 is 1.30 bits per heavy atom. The van der Waals surface area contributed by atoms with Crippen molar-refractivity contribution in [2.75, 3.05) is 20.1 Å². The lowest BCUT2D eigenvalue weighted by molar-refractivity contribution is -0.274. The van der Waals surface area contributed by atoms with Gasteiger partial charge in [0.05, 0.1) is 11.5 Å². The monoisotopic (exact) mass is 556 g/mol. The number of aliphatic hydroxyl groups is 1. The summed E-state index contributed by atoms with van der Waals surface area (Å²) in [6.07, 6.45) is 1.61. The Kier molecular flexibility index (Phi) is 6.19. The highest BCUT2D eigenvalue weighted by atomic mass is 19.4. The van der Waals surface area contributed by atoms with E-state index in [0.717, 1.165) is 11.1 Å². The average Bonchev–Trinajstić information content (AvgIpc) is 3.24. The highest BCUT2D eigenvalue weighted by Gasteiger charge is 2.74. The number of phenolic OH excluding ortho intramolecular Hbond substituents is 1. The van der Waals surface area contributed by atoms with Gasteiger partial charge in [-0.05, 0) is 67.6 Å². The second-order valence-corrected chi connectivity index (χ2v) is 11.1. The number of amides is 1. The third kappa shape index (κ3) is 3.83. The van der Waals surface area contributed by atoms with E-state index in [0.29, 0.717) is 50.1 Å². The van der Waals surface area contributed by atoms with Crippen molar-refractivity contribution in [2.45, 2.75) is 61.2 Å². The number of nitrogens with zero attached hydrogens (tertiary/aromatic N) is 2. The van der Waals surface area contributed by atoms with Gasteiger partial charge in [-0.15, -0.1) is 19.8 Å². The molecule has 10 heteroatoms. The third-order valence-electron chi connectivity index (χ3n) is 9.25. The van der Waals surface area contributed by atoms with E-state index in [1.807, 2.05) is 12.1 Å². The predicted octanol–water partition coefficient (Wildman–Crippen LogP) is 4.17. The smallest absolute Gasteiger partial charge is 0.504 e. The van der Waals surface area contributed by atoms with E-state index in [-0.39, 0.29) is 29.6 Å². The fourth-order valence-electron chi connectivity index (χ4n) is 7.76. The van der Waals surface area contributed by atoms with Crippen LogP contribution in [0.15, 0.2) is 55.1 Å². The molecule has 2 unspecified atom stereocenters. The second kappa shape index (κ2) is 9.27. The Morgan fingerprint density at radius 2 is 2.10 bits per heavy atom. The minimum atomic E-state index is -4.82. The number of hydrogen-bond donors (Lipinski definition) is 2. The number of benzene rings is 2. The third-order valence-corrected chi connectivity index (χ3v) is 9.25. The zero-order valence-corrected chi connectivity index (χ0v) is 22.0. The molecule has 2 aromatic carbocycles. The Hall–Kier alpha value is -3.50. The van der Waals surface area contributed by atoms with Crippen molar-refractivity contribution in [3.8, 4) is 17.2 Å². The molecule has 2 aliphatic heterocycles. The molecular formula is C30H31F3N2O5. The fraction of sp³-hybridized carbons (Fsp3) is 0.433. The number of likely N-dealkylation sites (tertiary alicyclic amines) is 1. The lowest BCUT2D eigenvalue weighted by atomic mass is 9.47. The van der Waals surface area contributed by atoms with Crippen LogP contribution in [0.25, 0.3) is 6.08 Å². The summed E-state index contributed by atoms with van der Waals surface area (Å²) in [6.45, 7) is 5.20. The number of carbonyl (C=O) groups excluding carboxylic acids is 1. The zero-order valence-electron chi connectivity index (χ0n) is 22.0. The van der Waals surface area contributed by atoms with E-state index < -0.39 is 23.4 Å². The quantitative estimate of drug-likeness (QED) is 0.411. The molecule has 2 fully saturated rings. The lowest BCUT2D eigenvalue weighted by Gasteiger charge is -2.66. The van der Waals surface area contributed by atoms with E-state index in [1.165, 1.54) is 30.4 Å². The minimum absolute atomic E-state index is 0.0532. The van der Waals surface area contributed by atoms with Crippen LogP contribution in [0, 0.1) is 0 Å². The van der Waals surface area contributed by atoms with Crippen molar-refractivity contribution in [2.24, 2.45) is 0 Å². The molecule has 7 nitrogen and oxygen atoms in total. The molecular weight excluding hydrogens is 525 g/mol. The van der Waals surface area contributed by atoms with Crippen LogP contribution in [0.3, 0.4) is 0 Å². The summed E-state index contributed by atoms with van der Waals surface area (Å²) in [5.74, 6) is -0.271. The van der Waals surface area contributed by atoms with Crippen LogP contribution in [0.1, 0.15) is 36.0 Å². The number of alkyl halides is 3. The number of ether oxygens (including phenoxy) is 2. The van der Waals surface area contributed by atoms with Crippen LogP contribution < -0.4 is 9.47 Å². The fourth-order valence-corrected chi connectivity index (χ4v) is 7.76. The van der Waals surface area contributed by atoms with Gasteiger partial charge in [0.25, 0.3) is 0 Å². The molecule has 5 atom stereocenters. The molecule has 2 heterocycles. The van der Waals surface area contributed by atoms with Crippen LogP contribution in [0.4, 0.5) is 13.2 Å². The van der Waals surface area contributed by atoms with Gasteiger partial charge < -0.3 is 24.6 Å². The van der Waals surface area contributed by atoms with E-state index in [1.54, 1.807) is 24.1 Å². The molecule has 6 rings (SSSR count). The Bertz CT molecular complexity index is 1390. The molecule has 2 bridgehead atoms. The number of hydrogen-bond acceptors (Lipinski definition) is 6. The van der Waals surface area contributed by atoms with Crippen molar-refractivity contribution >= 4 is 12.0 Å². The standard InChI is InChI=1S/C30H31F3N2O5/c1-3-14-35-15-13-28-24-11-10-22(29(28,38)23(35)17-19-8-9-21(36)27(39-24)26(19)28)34(2)25(37)12-7-18-5-4-6-20(16-18)40-30(31,32)33/h3-9,12,16,22-24,36,38H,1,10-11,13-15,17H2,2H3/b12-7+/t22?,23-,24?,28-,29-/m1/s1. The van der Waals surface area contributed by atoms with Crippen LogP contribution in [0.5, 0.6) is 17.2 Å². The number of rotatable bonds is 6. The van der Waals surface area contributed by atoms with E-state index in [2.05, 4.69) is 16.2 Å². The Balaban J connectivity index is 1.35. The van der Waals surface area contributed by atoms with Gasteiger partial charge >= 0.3 is 6.36 Å². The molecule has 1 spiro atoms. The molecule has 40 heavy (non-hydrogen) atoms. The van der Waals surface area contributed by atoms with E-state index in [4.69, 9.17) is 4.74 Å². The maximum absolute atomic E-state index is 13.5. The maximum atomic E-state index is 13.5. The van der Waals surface area contributed by atoms with Crippen LogP contribution in [-0.4, -0.2) is 76.2 Å². The number of carbonyl (C=O) groups is 1. The second-order valence-electron chi connectivity index (χ2n) is 11.1. The van der Waals surface area contributed by atoms with Gasteiger partial charge in [-0.25, -0.2) is 0 Å². The zero-order chi connectivity index (χ0) is 28.4. The number of piperidine rings is 1. The molecule has 2 aliphatic carbocycles. The van der Waals surface area contributed by atoms with Crippen molar-refractivity contribution in [1.82, 2.24) is 9.80 Å². The van der Waals surface area contributed by atoms with Crippen LogP contribution in [0.2, 0.25) is 0 Å². The summed E-state index contributed by atoms with van der Waals surface area (Å²) < 4.78 is 48.2. The number of aromatic hydroxyl groups is 1. The largest absolute Gasteiger partial charge is 0.573 e. The van der Waals surface area contributed by atoms with Crippen LogP contribution >= 0.6 is 0 Å². The lowest BCUT2D eigenvalue weighted by Crippen LogP contribution is -2.81. The molecule has 1 amide bonds. The van der Waals surface area contributed by atoms with Gasteiger partial charge in [-0.2, -0.15) is 0 Å². The van der Waals surface area contributed by atoms with Crippen molar-refractivity contribution in [1.29, 1.82) is 0 Å². The van der Waals surface area contributed by atoms with Gasteiger partial charge in [-0.1, -0.05) is 24.3 Å². The topological polar surface area (TPSA) is 82.5 Å². The predicted molar refractivity (Wildman–Crippen MR) is 141 cm³/mol. The first-order valence-electron chi connectivity index (χ1n) is 13.4. The highest BCUT2D eigenvalue weighted by molar-refractivity contribution is 5.92. The Morgan fingerprint density at radius 3 is 2.85 bits per heavy atom. The van der Waals surface area contributed by atoms with Crippen LogP contribution in [-0.2, 0) is 16.6 Å². The van der Waals surface area contributed by atoms with Gasteiger partial charge in [0.1, 0.15) is 17.5 Å². The summed E-state index contributed by atoms with van der Waals surface area (Å²) in [6, 6.07) is 8.06. The van der Waals surface area contributed by atoms with Crippen molar-refractivity contribution in [3.05, 3.63) is 71.8 Å². The first kappa shape index (κ1) is 26.7. The summed E-state index contributed by atoms with van der Waals surface area (Å²) in [4.78, 5) is 17.2. The van der Waals surface area contributed by atoms with Gasteiger partial charge in [0.15, 0.2) is 11.5 Å². The highest BCUT2D eigenvalue weighted by Crippen LogP contribution is 2.65. The number of phenols is 1. The maximum Gasteiger partial charge on any atom is 0.573 e. The molecule has 2 N–H and O–H groups in total. The Labute approximate surface area is 230 Å². The number of halogens is 3. The SMILES string of the molecule is C=CCN1CC[C@]23c4c5ccc(O)c4OC2CCC(N(C)C(=O)/C=C/c2cccc(OC(F)(F)F)c2)[C@@]3(O)[C@H]1C5. The summed E-state index contributed by atoms with van der Waals surface area (Å²) in [5.41, 5.74) is 0.101. The van der Waals surface area contributed by atoms with Gasteiger partial charge in [0, 0.05) is 31.3 Å². The van der Waals surface area contributed by atoms with Crippen molar-refractivity contribution in [3.63, 3.8) is 0 Å². The molecule has 0 aromatic heterocycles. The summed E-state index contributed by atoms with van der Waals surface area (Å²) >= 11 is 0. The minimum Gasteiger partial charge on any atom is -0.504 e. The normalized spacial score (nSPS) is 30.5. The average molecular weight is 557 g/mol. The van der Waals surface area contributed by atoms with E-state index >= 15 is 0 Å². The first-order valence-corrected chi connectivity index (χ1v) is 13.4. The van der Waals surface area contributed by atoms with Gasteiger partial charge in [-0.3, -0.25) is 9.69 Å². The summed E-state index contributed by atoms with van der Waals surface area (Å²) in [5, 5.41) is 23.6. The van der Waals surface area contributed by atoms with Crippen molar-refractivity contribution < 1.29 is 37.7 Å². The number of likely N-dealkylation sites (N-methyl/N-ethyl adjacent to an activating group) is 1. The molecule has 1 saturated heterocycles. The van der Waals surface area contributed by atoms with Gasteiger partial charge in [0.2, 0.25) is 5.91 Å². The molecule has 0 radical (unpaired) electrons.